The van der Waals surface area contributed by atoms with Gasteiger partial charge in [0.2, 0.25) is 0 Å². The van der Waals surface area contributed by atoms with Crippen molar-refractivity contribution < 1.29 is 26.3 Å². The topological polar surface area (TPSA) is 12.0 Å². The summed E-state index contributed by atoms with van der Waals surface area (Å²) in [7, 11) is 0. The smallest absolute Gasteiger partial charge is 0.303 e. The monoisotopic (exact) mass is 257 g/mol. The number of hydrogen-bond acceptors (Lipinski definition) is 1. The van der Waals surface area contributed by atoms with E-state index in [2.05, 4.69) is 0 Å². The van der Waals surface area contributed by atoms with E-state index in [1.807, 2.05) is 5.32 Å². The molecule has 1 atom stereocenters. The zero-order valence-corrected chi connectivity index (χ0v) is 8.71. The van der Waals surface area contributed by atoms with E-state index in [0.717, 1.165) is 0 Å². The van der Waals surface area contributed by atoms with Gasteiger partial charge in [-0.1, -0.05) is 6.92 Å². The summed E-state index contributed by atoms with van der Waals surface area (Å²) >= 11 is 0. The minimum absolute atomic E-state index is 0.138. The van der Waals surface area contributed by atoms with Crippen molar-refractivity contribution in [1.82, 2.24) is 5.32 Å². The van der Waals surface area contributed by atoms with E-state index in [9.17, 15) is 26.3 Å². The Bertz CT molecular complexity index is 377. The van der Waals surface area contributed by atoms with E-state index in [-0.39, 0.29) is 18.7 Å². The van der Waals surface area contributed by atoms with Gasteiger partial charge in [0.15, 0.2) is 0 Å². The molecule has 1 N–H and O–H groups in total. The van der Waals surface area contributed by atoms with Gasteiger partial charge in [-0.05, 0) is 6.54 Å². The molecule has 0 spiro atoms. The molecule has 7 heteroatoms. The molecule has 0 saturated carbocycles. The molecular formula is C10H9F6N. The second-order valence-electron chi connectivity index (χ2n) is 3.32. The summed E-state index contributed by atoms with van der Waals surface area (Å²) in [6.07, 6.45) is -4.87. The Morgan fingerprint density at radius 2 is 1.59 bits per heavy atom. The summed E-state index contributed by atoms with van der Waals surface area (Å²) in [5.74, 6) is -4.39. The fraction of sp³-hybridized carbons (Fsp3) is 0.400. The first-order valence-electron chi connectivity index (χ1n) is 4.72. The van der Waals surface area contributed by atoms with Gasteiger partial charge in [0.25, 0.3) is 0 Å². The minimum atomic E-state index is -4.87. The second-order valence-corrected chi connectivity index (χ2v) is 3.32. The Morgan fingerprint density at radius 1 is 1.12 bits per heavy atom. The molecule has 0 amide bonds. The summed E-state index contributed by atoms with van der Waals surface area (Å²) in [4.78, 5) is 0. The Balaban J connectivity index is 3.28. The highest BCUT2D eigenvalue weighted by Crippen LogP contribution is 2.35. The molecule has 0 fully saturated rings. The lowest BCUT2D eigenvalue weighted by Crippen LogP contribution is -2.35. The van der Waals surface area contributed by atoms with Gasteiger partial charge in [0, 0.05) is 17.7 Å². The molecule has 0 saturated heterocycles. The van der Waals surface area contributed by atoms with Gasteiger partial charge in [-0.25, -0.2) is 13.2 Å². The van der Waals surface area contributed by atoms with Crippen molar-refractivity contribution in [2.24, 2.45) is 0 Å². The highest BCUT2D eigenvalue weighted by molar-refractivity contribution is 5.25. The lowest BCUT2D eigenvalue weighted by molar-refractivity contribution is -0.158. The molecule has 0 heterocycles. The molecule has 1 unspecified atom stereocenters. The van der Waals surface area contributed by atoms with Crippen LogP contribution in [0.1, 0.15) is 18.5 Å². The van der Waals surface area contributed by atoms with E-state index >= 15 is 0 Å². The largest absolute Gasteiger partial charge is 0.408 e. The van der Waals surface area contributed by atoms with Crippen LogP contribution in [0, 0.1) is 17.5 Å². The van der Waals surface area contributed by atoms with Crippen LogP contribution in [-0.4, -0.2) is 12.7 Å². The van der Waals surface area contributed by atoms with E-state index in [4.69, 9.17) is 0 Å². The maximum Gasteiger partial charge on any atom is 0.408 e. The maximum atomic E-state index is 13.2. The third-order valence-corrected chi connectivity index (χ3v) is 2.07. The van der Waals surface area contributed by atoms with Crippen LogP contribution in [-0.2, 0) is 0 Å². The number of alkyl halides is 3. The summed E-state index contributed by atoms with van der Waals surface area (Å²) in [6, 6.07) is -2.06. The maximum absolute atomic E-state index is 13.2. The van der Waals surface area contributed by atoms with Crippen LogP contribution < -0.4 is 5.32 Å². The molecule has 0 aliphatic heterocycles. The minimum Gasteiger partial charge on any atom is -0.303 e. The van der Waals surface area contributed by atoms with Gasteiger partial charge < -0.3 is 5.32 Å². The van der Waals surface area contributed by atoms with Crippen LogP contribution in [0.15, 0.2) is 12.1 Å². The van der Waals surface area contributed by atoms with Gasteiger partial charge in [-0.3, -0.25) is 0 Å². The van der Waals surface area contributed by atoms with Crippen LogP contribution in [0.25, 0.3) is 0 Å². The quantitative estimate of drug-likeness (QED) is 0.819. The number of rotatable bonds is 3. The molecule has 17 heavy (non-hydrogen) atoms. The SMILES string of the molecule is CCNC(c1c(F)cc(F)cc1F)C(F)(F)F. The van der Waals surface area contributed by atoms with Crippen LogP contribution in [0.5, 0.6) is 0 Å². The summed E-state index contributed by atoms with van der Waals surface area (Å²) in [6.45, 7) is 1.22. The molecule has 96 valence electrons. The molecule has 0 bridgehead atoms. The Morgan fingerprint density at radius 3 is 1.94 bits per heavy atom. The third-order valence-electron chi connectivity index (χ3n) is 2.07. The van der Waals surface area contributed by atoms with Crippen molar-refractivity contribution in [3.05, 3.63) is 35.1 Å². The van der Waals surface area contributed by atoms with Crippen molar-refractivity contribution in [3.63, 3.8) is 0 Å². The van der Waals surface area contributed by atoms with Gasteiger partial charge in [-0.15, -0.1) is 0 Å². The molecule has 0 aliphatic rings. The molecule has 0 aromatic heterocycles. The molecule has 0 aliphatic carbocycles. The number of benzene rings is 1. The van der Waals surface area contributed by atoms with Gasteiger partial charge in [0.05, 0.1) is 0 Å². The molecule has 0 radical (unpaired) electrons. The summed E-state index contributed by atoms with van der Waals surface area (Å²) in [5, 5.41) is 1.91. The number of halogens is 6. The Hall–Kier alpha value is -1.24. The van der Waals surface area contributed by atoms with Crippen molar-refractivity contribution >= 4 is 0 Å². The van der Waals surface area contributed by atoms with Crippen LogP contribution in [0.4, 0.5) is 26.3 Å². The first kappa shape index (κ1) is 13.8. The van der Waals surface area contributed by atoms with Crippen molar-refractivity contribution in [2.75, 3.05) is 6.54 Å². The fourth-order valence-corrected chi connectivity index (χ4v) is 1.41. The van der Waals surface area contributed by atoms with Crippen LogP contribution in [0.3, 0.4) is 0 Å². The van der Waals surface area contributed by atoms with E-state index in [1.54, 1.807) is 0 Å². The predicted octanol–water partition coefficient (Wildman–Crippen LogP) is 3.32. The standard InChI is InChI=1S/C10H9F6N/c1-2-17-9(10(14,15)16)8-6(12)3-5(11)4-7(8)13/h3-4,9,17H,2H2,1H3. The lowest BCUT2D eigenvalue weighted by atomic mass is 10.0. The fourth-order valence-electron chi connectivity index (χ4n) is 1.41. The Kier molecular flexibility index (Phi) is 4.03. The van der Waals surface area contributed by atoms with E-state index in [0.29, 0.717) is 0 Å². The first-order valence-corrected chi connectivity index (χ1v) is 4.72. The van der Waals surface area contributed by atoms with Crippen LogP contribution in [0.2, 0.25) is 0 Å². The number of nitrogens with one attached hydrogen (secondary N) is 1. The average Bonchev–Trinajstić information content (AvgIpc) is 2.13. The molecular weight excluding hydrogens is 248 g/mol. The molecule has 1 aromatic carbocycles. The van der Waals surface area contributed by atoms with Crippen molar-refractivity contribution in [1.29, 1.82) is 0 Å². The molecule has 1 rings (SSSR count). The predicted molar refractivity (Wildman–Crippen MR) is 48.8 cm³/mol. The molecule has 1 aromatic rings. The zero-order chi connectivity index (χ0) is 13.2. The second kappa shape index (κ2) is 4.95. The third kappa shape index (κ3) is 3.12. The summed E-state index contributed by atoms with van der Waals surface area (Å²) in [5.41, 5.74) is -1.22. The molecule has 1 nitrogen and oxygen atoms in total. The highest BCUT2D eigenvalue weighted by atomic mass is 19.4. The number of hydrogen-bond donors (Lipinski definition) is 1. The van der Waals surface area contributed by atoms with E-state index < -0.39 is 35.2 Å². The van der Waals surface area contributed by atoms with E-state index in [1.165, 1.54) is 6.92 Å². The van der Waals surface area contributed by atoms with Crippen molar-refractivity contribution in [2.45, 2.75) is 19.1 Å². The average molecular weight is 257 g/mol. The van der Waals surface area contributed by atoms with Crippen LogP contribution >= 0.6 is 0 Å². The van der Waals surface area contributed by atoms with Gasteiger partial charge in [-0.2, -0.15) is 13.2 Å². The Labute approximate surface area is 93.4 Å². The zero-order valence-electron chi connectivity index (χ0n) is 8.71. The normalized spacial score (nSPS) is 13.8. The lowest BCUT2D eigenvalue weighted by Gasteiger charge is -2.22. The summed E-state index contributed by atoms with van der Waals surface area (Å²) < 4.78 is 76.7. The highest BCUT2D eigenvalue weighted by Gasteiger charge is 2.43. The van der Waals surface area contributed by atoms with Gasteiger partial charge >= 0.3 is 6.18 Å². The first-order chi connectivity index (χ1) is 7.77. The van der Waals surface area contributed by atoms with Gasteiger partial charge in [0.1, 0.15) is 23.5 Å². The van der Waals surface area contributed by atoms with Crippen molar-refractivity contribution in [3.8, 4) is 0 Å².